The van der Waals surface area contributed by atoms with Gasteiger partial charge in [-0.05, 0) is 82.3 Å². The summed E-state index contributed by atoms with van der Waals surface area (Å²) in [6.07, 6.45) is 1.14. The number of carbonyl (C=O) groups excluding carboxylic acids is 1. The van der Waals surface area contributed by atoms with Crippen LogP contribution in [0.4, 0.5) is 14.5 Å². The van der Waals surface area contributed by atoms with Gasteiger partial charge in [-0.3, -0.25) is 9.10 Å². The number of aliphatic hydroxyl groups is 1. The van der Waals surface area contributed by atoms with E-state index in [0.717, 1.165) is 23.8 Å². The number of rotatable bonds is 9. The van der Waals surface area contributed by atoms with Crippen LogP contribution in [-0.2, 0) is 39.2 Å². The Morgan fingerprint density at radius 1 is 1.15 bits per heavy atom. The largest absolute Gasteiger partial charge is 0.389 e. The average Bonchev–Trinajstić information content (AvgIpc) is 3.59. The Hall–Kier alpha value is -3.07. The molecule has 1 amide bonds. The number of aliphatic hydroxyl groups excluding tert-OH is 1. The van der Waals surface area contributed by atoms with Crippen LogP contribution in [0.1, 0.15) is 62.5 Å². The van der Waals surface area contributed by atoms with Crippen molar-refractivity contribution in [3.63, 3.8) is 0 Å². The molecule has 3 heterocycles. The number of aromatic nitrogens is 1. The normalized spacial score (nSPS) is 22.2. The molecule has 4 atom stereocenters. The molecule has 5 rings (SSSR count). The fourth-order valence-electron chi connectivity index (χ4n) is 6.66. The molecule has 2 aliphatic rings. The lowest BCUT2D eigenvalue weighted by Gasteiger charge is -2.30. The molecule has 0 radical (unpaired) electrons. The molecule has 2 aromatic carbocycles. The van der Waals surface area contributed by atoms with Gasteiger partial charge in [0.05, 0.1) is 33.8 Å². The minimum absolute atomic E-state index is 0.0908. The molecule has 1 saturated heterocycles. The number of aryl methyl sites for hydroxylation is 1. The van der Waals surface area contributed by atoms with Crippen LogP contribution in [-0.4, -0.2) is 79.4 Å². The van der Waals surface area contributed by atoms with Crippen molar-refractivity contribution in [2.75, 3.05) is 17.9 Å². The standard InChI is InChI=1S/C32H42F2N4O6S2/c1-7-20-16-38-17-32(4,5)46(43,44)37(6)28-12-21(11-25(20)29(28)38)31(40)36-27(10-19-8-22(33)13-23(34)9-19)30(39)26-14-24(15-35-26)45(41,42)18(2)3/h8-9,11-13,16,18,24,26-27,30,35,39H,7,10,14-15,17H2,1-6H3,(H,36,40)/t24-,26-,27+,30-/m1/s1. The molecule has 1 fully saturated rings. The minimum Gasteiger partial charge on any atom is -0.389 e. The number of sulfonamides is 1. The first kappa shape index (κ1) is 34.3. The van der Waals surface area contributed by atoms with Crippen molar-refractivity contribution in [1.82, 2.24) is 15.2 Å². The summed E-state index contributed by atoms with van der Waals surface area (Å²) >= 11 is 0. The Morgan fingerprint density at radius 3 is 2.41 bits per heavy atom. The fraction of sp³-hybridized carbons (Fsp3) is 0.531. The molecule has 252 valence electrons. The summed E-state index contributed by atoms with van der Waals surface area (Å²) in [7, 11) is -5.85. The molecule has 0 spiro atoms. The molecule has 0 saturated carbocycles. The number of anilines is 1. The van der Waals surface area contributed by atoms with Crippen LogP contribution in [0.15, 0.2) is 36.5 Å². The van der Waals surface area contributed by atoms with Crippen molar-refractivity contribution in [2.24, 2.45) is 0 Å². The predicted octanol–water partition coefficient (Wildman–Crippen LogP) is 3.30. The zero-order valence-electron chi connectivity index (χ0n) is 26.8. The molecule has 0 bridgehead atoms. The van der Waals surface area contributed by atoms with Gasteiger partial charge in [-0.2, -0.15) is 0 Å². The Kier molecular flexibility index (Phi) is 9.08. The smallest absolute Gasteiger partial charge is 0.251 e. The molecule has 0 unspecified atom stereocenters. The maximum Gasteiger partial charge on any atom is 0.251 e. The van der Waals surface area contributed by atoms with E-state index in [4.69, 9.17) is 0 Å². The van der Waals surface area contributed by atoms with Crippen molar-refractivity contribution in [1.29, 1.82) is 0 Å². The number of carbonyl (C=O) groups is 1. The molecule has 3 aromatic rings. The lowest BCUT2D eigenvalue weighted by atomic mass is 9.94. The lowest BCUT2D eigenvalue weighted by molar-refractivity contribution is 0.0738. The van der Waals surface area contributed by atoms with E-state index in [1.54, 1.807) is 33.8 Å². The van der Waals surface area contributed by atoms with Crippen LogP contribution in [0.3, 0.4) is 0 Å². The third kappa shape index (κ3) is 6.04. The van der Waals surface area contributed by atoms with Crippen molar-refractivity contribution in [2.45, 2.75) is 93.9 Å². The molecule has 46 heavy (non-hydrogen) atoms. The second kappa shape index (κ2) is 12.2. The maximum atomic E-state index is 14.1. The average molecular weight is 681 g/mol. The second-order valence-corrected chi connectivity index (χ2v) is 18.7. The predicted molar refractivity (Wildman–Crippen MR) is 174 cm³/mol. The molecule has 2 aliphatic heterocycles. The second-order valence-electron chi connectivity index (χ2n) is 13.3. The molecular formula is C32H42F2N4O6S2. The van der Waals surface area contributed by atoms with Crippen molar-refractivity contribution < 1.29 is 35.5 Å². The zero-order chi connectivity index (χ0) is 33.9. The number of amides is 1. The fourth-order valence-corrected chi connectivity index (χ4v) is 9.67. The lowest BCUT2D eigenvalue weighted by Crippen LogP contribution is -2.52. The van der Waals surface area contributed by atoms with Crippen molar-refractivity contribution in [3.8, 4) is 0 Å². The number of hydrogen-bond donors (Lipinski definition) is 3. The first-order chi connectivity index (χ1) is 21.4. The summed E-state index contributed by atoms with van der Waals surface area (Å²) in [5.41, 5.74) is 2.26. The molecule has 0 aliphatic carbocycles. The van der Waals surface area contributed by atoms with Gasteiger partial charge in [0.2, 0.25) is 10.0 Å². The van der Waals surface area contributed by atoms with Gasteiger partial charge in [-0.25, -0.2) is 25.6 Å². The van der Waals surface area contributed by atoms with E-state index in [9.17, 15) is 35.5 Å². The summed E-state index contributed by atoms with van der Waals surface area (Å²) in [6, 6.07) is 4.32. The Labute approximate surface area is 269 Å². The first-order valence-electron chi connectivity index (χ1n) is 15.4. The number of halogens is 2. The van der Waals surface area contributed by atoms with Gasteiger partial charge in [0.1, 0.15) is 16.4 Å². The highest BCUT2D eigenvalue weighted by Gasteiger charge is 2.43. The number of benzene rings is 2. The van der Waals surface area contributed by atoms with Gasteiger partial charge in [0.15, 0.2) is 9.84 Å². The molecular weight excluding hydrogens is 639 g/mol. The van der Waals surface area contributed by atoms with E-state index in [2.05, 4.69) is 10.6 Å². The van der Waals surface area contributed by atoms with E-state index in [1.165, 1.54) is 17.4 Å². The summed E-state index contributed by atoms with van der Waals surface area (Å²) in [4.78, 5) is 14.0. The third-order valence-corrected chi connectivity index (χ3v) is 14.4. The third-order valence-electron chi connectivity index (χ3n) is 9.39. The van der Waals surface area contributed by atoms with Gasteiger partial charge in [0.25, 0.3) is 5.91 Å². The van der Waals surface area contributed by atoms with Crippen LogP contribution < -0.4 is 14.9 Å². The van der Waals surface area contributed by atoms with Crippen molar-refractivity contribution >= 4 is 42.4 Å². The van der Waals surface area contributed by atoms with Gasteiger partial charge < -0.3 is 20.3 Å². The summed E-state index contributed by atoms with van der Waals surface area (Å²) in [6.45, 7) is 8.80. The van der Waals surface area contributed by atoms with E-state index >= 15 is 0 Å². The highest BCUT2D eigenvalue weighted by atomic mass is 32.2. The van der Waals surface area contributed by atoms with Crippen LogP contribution >= 0.6 is 0 Å². The number of sulfone groups is 1. The molecule has 10 nitrogen and oxygen atoms in total. The molecule has 14 heteroatoms. The van der Waals surface area contributed by atoms with Gasteiger partial charge in [-0.1, -0.05) is 6.92 Å². The van der Waals surface area contributed by atoms with Gasteiger partial charge >= 0.3 is 0 Å². The topological polar surface area (TPSA) is 138 Å². The van der Waals surface area contributed by atoms with E-state index in [0.29, 0.717) is 23.0 Å². The summed E-state index contributed by atoms with van der Waals surface area (Å²) in [5, 5.41) is 16.8. The van der Waals surface area contributed by atoms with Gasteiger partial charge in [0, 0.05) is 49.4 Å². The van der Waals surface area contributed by atoms with Crippen LogP contribution in [0.2, 0.25) is 0 Å². The summed E-state index contributed by atoms with van der Waals surface area (Å²) < 4.78 is 83.1. The Morgan fingerprint density at radius 2 is 1.80 bits per heavy atom. The van der Waals surface area contributed by atoms with Crippen LogP contribution in [0.5, 0.6) is 0 Å². The number of nitrogens with one attached hydrogen (secondary N) is 2. The quantitative estimate of drug-likeness (QED) is 0.316. The zero-order valence-corrected chi connectivity index (χ0v) is 28.5. The minimum atomic E-state index is -3.83. The summed E-state index contributed by atoms with van der Waals surface area (Å²) in [5.74, 6) is -2.27. The maximum absolute atomic E-state index is 14.1. The molecule has 1 aromatic heterocycles. The Bertz CT molecular complexity index is 1870. The first-order valence-corrected chi connectivity index (χ1v) is 18.5. The monoisotopic (exact) mass is 680 g/mol. The molecule has 3 N–H and O–H groups in total. The van der Waals surface area contributed by atoms with E-state index in [-0.39, 0.29) is 37.1 Å². The van der Waals surface area contributed by atoms with Crippen molar-refractivity contribution in [3.05, 3.63) is 64.9 Å². The van der Waals surface area contributed by atoms with Crippen LogP contribution in [0.25, 0.3) is 10.9 Å². The van der Waals surface area contributed by atoms with E-state index < -0.39 is 70.8 Å². The number of nitrogens with zero attached hydrogens (tertiary/aromatic N) is 2. The van der Waals surface area contributed by atoms with E-state index in [1.807, 2.05) is 17.7 Å². The Balaban J connectivity index is 1.53. The highest BCUT2D eigenvalue weighted by Crippen LogP contribution is 2.40. The van der Waals surface area contributed by atoms with Gasteiger partial charge in [-0.15, -0.1) is 0 Å². The van der Waals surface area contributed by atoms with Crippen LogP contribution in [0, 0.1) is 11.6 Å². The highest BCUT2D eigenvalue weighted by molar-refractivity contribution is 7.94. The number of hydrogen-bond acceptors (Lipinski definition) is 7. The SMILES string of the molecule is CCc1cn2c3c(cc(C(=O)N[C@@H](Cc4cc(F)cc(F)c4)[C@H](O)[C@H]4C[C@@H](S(=O)(=O)C(C)C)CN4)cc13)N(C)S(=O)(=O)C(C)(C)C2.